The van der Waals surface area contributed by atoms with E-state index in [1.165, 1.54) is 4.57 Å². The normalized spacial score (nSPS) is 13.6. The van der Waals surface area contributed by atoms with Crippen molar-refractivity contribution in [1.82, 2.24) is 9.55 Å². The van der Waals surface area contributed by atoms with Crippen LogP contribution in [0.1, 0.15) is 5.69 Å². The summed E-state index contributed by atoms with van der Waals surface area (Å²) in [6.45, 7) is 0.499. The number of aryl methyl sites for hydroxylation is 1. The van der Waals surface area contributed by atoms with E-state index in [0.717, 1.165) is 27.2 Å². The van der Waals surface area contributed by atoms with Gasteiger partial charge in [0.2, 0.25) is 0 Å². The van der Waals surface area contributed by atoms with Gasteiger partial charge >= 0.3 is 5.76 Å². The standard InChI is InChI=1S/C15H11BrN4O2/c1-19-12-3-2-9(6-13(12)22-15(19)21)20-8-17-7-10-11(20)4-5-14(16)18-10/h2-7H,8H2,1H3. The first-order chi connectivity index (χ1) is 10.6. The zero-order valence-electron chi connectivity index (χ0n) is 11.7. The summed E-state index contributed by atoms with van der Waals surface area (Å²) in [5.74, 6) is -0.366. The lowest BCUT2D eigenvalue weighted by Crippen LogP contribution is -2.22. The third-order valence-electron chi connectivity index (χ3n) is 3.68. The molecule has 1 aliphatic heterocycles. The molecule has 110 valence electrons. The number of rotatable bonds is 1. The molecule has 0 saturated heterocycles. The maximum atomic E-state index is 11.6. The number of aliphatic imine (C=N–C) groups is 1. The predicted molar refractivity (Wildman–Crippen MR) is 88.0 cm³/mol. The van der Waals surface area contributed by atoms with Gasteiger partial charge in [-0.15, -0.1) is 0 Å². The van der Waals surface area contributed by atoms with Gasteiger partial charge in [-0.1, -0.05) is 0 Å². The summed E-state index contributed by atoms with van der Waals surface area (Å²) >= 11 is 3.37. The molecule has 0 N–H and O–H groups in total. The number of benzene rings is 1. The second-order valence-corrected chi connectivity index (χ2v) is 5.81. The van der Waals surface area contributed by atoms with E-state index in [1.807, 2.05) is 35.2 Å². The first kappa shape index (κ1) is 13.3. The Hall–Kier alpha value is -2.41. The highest BCUT2D eigenvalue weighted by atomic mass is 79.9. The van der Waals surface area contributed by atoms with Crippen LogP contribution in [0.25, 0.3) is 11.1 Å². The molecule has 0 aliphatic carbocycles. The summed E-state index contributed by atoms with van der Waals surface area (Å²) < 4.78 is 7.51. The monoisotopic (exact) mass is 358 g/mol. The van der Waals surface area contributed by atoms with Gasteiger partial charge in [0.25, 0.3) is 0 Å². The van der Waals surface area contributed by atoms with Gasteiger partial charge in [-0.3, -0.25) is 9.56 Å². The van der Waals surface area contributed by atoms with Crippen molar-refractivity contribution in [1.29, 1.82) is 0 Å². The maximum Gasteiger partial charge on any atom is 0.419 e. The van der Waals surface area contributed by atoms with Crippen molar-refractivity contribution in [3.8, 4) is 0 Å². The van der Waals surface area contributed by atoms with Crippen molar-refractivity contribution < 1.29 is 4.42 Å². The molecular weight excluding hydrogens is 348 g/mol. The van der Waals surface area contributed by atoms with Gasteiger partial charge in [0, 0.05) is 18.8 Å². The Morgan fingerprint density at radius 3 is 3.00 bits per heavy atom. The first-order valence-corrected chi connectivity index (χ1v) is 7.46. The van der Waals surface area contributed by atoms with Gasteiger partial charge in [0.1, 0.15) is 17.0 Å². The highest BCUT2D eigenvalue weighted by Gasteiger charge is 2.18. The van der Waals surface area contributed by atoms with Crippen molar-refractivity contribution in [3.63, 3.8) is 0 Å². The van der Waals surface area contributed by atoms with Gasteiger partial charge in [-0.25, -0.2) is 9.78 Å². The van der Waals surface area contributed by atoms with E-state index in [2.05, 4.69) is 25.9 Å². The molecule has 0 amide bonds. The summed E-state index contributed by atoms with van der Waals surface area (Å²) in [7, 11) is 1.69. The van der Waals surface area contributed by atoms with Crippen LogP contribution >= 0.6 is 15.9 Å². The quantitative estimate of drug-likeness (QED) is 0.627. The van der Waals surface area contributed by atoms with Crippen LogP contribution in [0.2, 0.25) is 0 Å². The second-order valence-electron chi connectivity index (χ2n) is 5.00. The summed E-state index contributed by atoms with van der Waals surface area (Å²) in [5.41, 5.74) is 4.00. The van der Waals surface area contributed by atoms with Crippen molar-refractivity contribution >= 4 is 44.6 Å². The van der Waals surface area contributed by atoms with Crippen LogP contribution < -0.4 is 10.7 Å². The van der Waals surface area contributed by atoms with Crippen molar-refractivity contribution in [2.45, 2.75) is 0 Å². The largest absolute Gasteiger partial charge is 0.419 e. The lowest BCUT2D eigenvalue weighted by atomic mass is 10.2. The molecule has 3 heterocycles. The topological polar surface area (TPSA) is 63.6 Å². The lowest BCUT2D eigenvalue weighted by Gasteiger charge is -2.26. The Kier molecular flexibility index (Phi) is 2.90. The molecule has 0 unspecified atom stereocenters. The molecule has 22 heavy (non-hydrogen) atoms. The molecule has 3 aromatic rings. The number of hydrogen-bond acceptors (Lipinski definition) is 5. The lowest BCUT2D eigenvalue weighted by molar-refractivity contribution is 0.528. The van der Waals surface area contributed by atoms with Crippen molar-refractivity contribution in [3.05, 3.63) is 51.2 Å². The molecule has 0 atom stereocenters. The number of nitrogens with zero attached hydrogens (tertiary/aromatic N) is 4. The molecule has 0 bridgehead atoms. The maximum absolute atomic E-state index is 11.6. The fourth-order valence-corrected chi connectivity index (χ4v) is 2.89. The van der Waals surface area contributed by atoms with E-state index in [1.54, 1.807) is 13.3 Å². The molecule has 0 saturated carbocycles. The molecule has 4 rings (SSSR count). The minimum absolute atomic E-state index is 0.366. The SMILES string of the molecule is Cn1c(=O)oc2cc(N3CN=Cc4nc(Br)ccc43)ccc21. The number of halogens is 1. The molecule has 0 radical (unpaired) electrons. The minimum atomic E-state index is -0.366. The number of aromatic nitrogens is 2. The number of anilines is 2. The van der Waals surface area contributed by atoms with Crippen molar-refractivity contribution in [2.75, 3.05) is 11.6 Å². The molecular formula is C15H11BrN4O2. The van der Waals surface area contributed by atoms with Crippen LogP contribution in [0, 0.1) is 0 Å². The van der Waals surface area contributed by atoms with Crippen LogP contribution in [-0.2, 0) is 7.05 Å². The van der Waals surface area contributed by atoms with Gasteiger partial charge < -0.3 is 9.32 Å². The van der Waals surface area contributed by atoms with Crippen LogP contribution in [0.15, 0.2) is 49.1 Å². The van der Waals surface area contributed by atoms with Crippen LogP contribution in [-0.4, -0.2) is 22.4 Å². The molecule has 2 aromatic heterocycles. The predicted octanol–water partition coefficient (Wildman–Crippen LogP) is 2.82. The Morgan fingerprint density at radius 1 is 1.27 bits per heavy atom. The summed E-state index contributed by atoms with van der Waals surface area (Å²) in [5, 5.41) is 0. The third-order valence-corrected chi connectivity index (χ3v) is 4.13. The molecule has 0 spiro atoms. The second kappa shape index (κ2) is 4.81. The molecule has 7 heteroatoms. The summed E-state index contributed by atoms with van der Waals surface area (Å²) in [6, 6.07) is 9.56. The van der Waals surface area contributed by atoms with E-state index in [9.17, 15) is 4.79 Å². The van der Waals surface area contributed by atoms with E-state index in [0.29, 0.717) is 12.3 Å². The number of hydrogen-bond donors (Lipinski definition) is 0. The fraction of sp³-hybridized carbons (Fsp3) is 0.133. The number of pyridine rings is 1. The fourth-order valence-electron chi connectivity index (χ4n) is 2.56. The average molecular weight is 359 g/mol. The first-order valence-electron chi connectivity index (χ1n) is 6.67. The van der Waals surface area contributed by atoms with Gasteiger partial charge in [-0.2, -0.15) is 0 Å². The highest BCUT2D eigenvalue weighted by molar-refractivity contribution is 9.10. The number of fused-ring (bicyclic) bond motifs is 2. The molecule has 6 nitrogen and oxygen atoms in total. The summed E-state index contributed by atoms with van der Waals surface area (Å²) in [6.07, 6.45) is 1.76. The third kappa shape index (κ3) is 1.97. The van der Waals surface area contributed by atoms with Gasteiger partial charge in [0.05, 0.1) is 17.4 Å². The van der Waals surface area contributed by atoms with Gasteiger partial charge in [-0.05, 0) is 40.2 Å². The van der Waals surface area contributed by atoms with Gasteiger partial charge in [0.15, 0.2) is 5.58 Å². The minimum Gasteiger partial charge on any atom is -0.408 e. The Morgan fingerprint density at radius 2 is 2.14 bits per heavy atom. The zero-order chi connectivity index (χ0) is 15.3. The molecule has 0 fully saturated rings. The van der Waals surface area contributed by atoms with Crippen LogP contribution in [0.3, 0.4) is 0 Å². The van der Waals surface area contributed by atoms with Crippen LogP contribution in [0.4, 0.5) is 11.4 Å². The summed E-state index contributed by atoms with van der Waals surface area (Å²) in [4.78, 5) is 22.4. The van der Waals surface area contributed by atoms with E-state index >= 15 is 0 Å². The molecule has 1 aliphatic rings. The number of oxazole rings is 1. The van der Waals surface area contributed by atoms with E-state index in [4.69, 9.17) is 4.42 Å². The highest BCUT2D eigenvalue weighted by Crippen LogP contribution is 2.32. The van der Waals surface area contributed by atoms with E-state index in [-0.39, 0.29) is 5.76 Å². The zero-order valence-corrected chi connectivity index (χ0v) is 13.2. The smallest absolute Gasteiger partial charge is 0.408 e. The van der Waals surface area contributed by atoms with Crippen LogP contribution in [0.5, 0.6) is 0 Å². The Balaban J connectivity index is 1.86. The van der Waals surface area contributed by atoms with Crippen molar-refractivity contribution in [2.24, 2.45) is 12.0 Å². The average Bonchev–Trinajstić information content (AvgIpc) is 2.80. The Labute approximate surface area is 133 Å². The molecule has 1 aromatic carbocycles. The van der Waals surface area contributed by atoms with E-state index < -0.39 is 0 Å². The Bertz CT molecular complexity index is 973.